The molecule has 1 aliphatic rings. The molecule has 0 amide bonds. The fourth-order valence-electron chi connectivity index (χ4n) is 6.43. The zero-order valence-electron chi connectivity index (χ0n) is 22.4. The van der Waals surface area contributed by atoms with E-state index in [2.05, 4.69) is 107 Å². The molecule has 3 nitrogen and oxygen atoms in total. The van der Waals surface area contributed by atoms with Crippen LogP contribution in [0.1, 0.15) is 18.4 Å². The predicted molar refractivity (Wildman–Crippen MR) is 169 cm³/mol. The third-order valence-electron chi connectivity index (χ3n) is 8.29. The van der Waals surface area contributed by atoms with Crippen LogP contribution in [0.2, 0.25) is 0 Å². The largest absolute Gasteiger partial charge is 0.309 e. The third-order valence-corrected chi connectivity index (χ3v) is 8.29. The number of rotatable bonds is 3. The highest BCUT2D eigenvalue weighted by atomic mass is 15.0. The van der Waals surface area contributed by atoms with E-state index in [9.17, 15) is 5.26 Å². The van der Waals surface area contributed by atoms with Gasteiger partial charge >= 0.3 is 0 Å². The van der Waals surface area contributed by atoms with Gasteiger partial charge in [-0.25, -0.2) is 0 Å². The van der Waals surface area contributed by atoms with E-state index in [1.807, 2.05) is 36.7 Å². The number of aromatic nitrogens is 2. The van der Waals surface area contributed by atoms with Crippen LogP contribution in [-0.2, 0) is 0 Å². The molecule has 0 aliphatic heterocycles. The first kappa shape index (κ1) is 23.4. The van der Waals surface area contributed by atoms with Crippen LogP contribution in [0.15, 0.2) is 116 Å². The Kier molecular flexibility index (Phi) is 5.33. The van der Waals surface area contributed by atoms with Gasteiger partial charge in [-0.05, 0) is 105 Å². The molecule has 192 valence electrons. The Morgan fingerprint density at radius 3 is 2.39 bits per heavy atom. The Hall–Kier alpha value is -5.46. The fourth-order valence-corrected chi connectivity index (χ4v) is 6.43. The summed E-state index contributed by atoms with van der Waals surface area (Å²) in [6.07, 6.45) is 10.7. The Morgan fingerprint density at radius 2 is 1.49 bits per heavy atom. The quantitative estimate of drug-likeness (QED) is 0.236. The van der Waals surface area contributed by atoms with Crippen LogP contribution in [-0.4, -0.2) is 9.55 Å². The molecule has 0 N–H and O–H groups in total. The van der Waals surface area contributed by atoms with E-state index in [4.69, 9.17) is 0 Å². The van der Waals surface area contributed by atoms with Gasteiger partial charge in [0, 0.05) is 28.9 Å². The summed E-state index contributed by atoms with van der Waals surface area (Å²) in [7, 11) is 0. The lowest BCUT2D eigenvalue weighted by molar-refractivity contribution is 1.12. The molecule has 5 aromatic carbocycles. The van der Waals surface area contributed by atoms with Gasteiger partial charge in [-0.3, -0.25) is 4.98 Å². The van der Waals surface area contributed by atoms with Crippen molar-refractivity contribution in [2.24, 2.45) is 0 Å². The van der Waals surface area contributed by atoms with Gasteiger partial charge in [0.1, 0.15) is 0 Å². The fraction of sp³-hybridized carbons (Fsp3) is 0.0526. The first-order valence-electron chi connectivity index (χ1n) is 14.0. The minimum Gasteiger partial charge on any atom is -0.309 e. The lowest BCUT2D eigenvalue weighted by Gasteiger charge is -2.14. The third kappa shape index (κ3) is 3.77. The van der Waals surface area contributed by atoms with E-state index < -0.39 is 0 Å². The van der Waals surface area contributed by atoms with Crippen molar-refractivity contribution in [3.8, 4) is 34.0 Å². The van der Waals surface area contributed by atoms with Gasteiger partial charge in [0.15, 0.2) is 0 Å². The van der Waals surface area contributed by atoms with E-state index in [0.29, 0.717) is 5.56 Å². The molecule has 0 atom stereocenters. The van der Waals surface area contributed by atoms with Crippen molar-refractivity contribution in [3.05, 3.63) is 132 Å². The van der Waals surface area contributed by atoms with E-state index >= 15 is 0 Å². The maximum absolute atomic E-state index is 9.50. The molecule has 0 saturated heterocycles. The molecular weight excluding hydrogens is 498 g/mol. The molecule has 7 aromatic rings. The van der Waals surface area contributed by atoms with Gasteiger partial charge in [-0.15, -0.1) is 0 Å². The maximum atomic E-state index is 9.50. The molecular formula is C38H25N3. The minimum atomic E-state index is 0.645. The number of nitrogens with zero attached hydrogens (tertiary/aromatic N) is 3. The summed E-state index contributed by atoms with van der Waals surface area (Å²) in [5, 5.41) is 16.9. The second-order valence-corrected chi connectivity index (χ2v) is 10.7. The second-order valence-electron chi connectivity index (χ2n) is 10.7. The van der Waals surface area contributed by atoms with Gasteiger partial charge in [0.2, 0.25) is 0 Å². The van der Waals surface area contributed by atoms with Crippen LogP contribution in [0, 0.1) is 11.3 Å². The molecule has 8 rings (SSSR count). The van der Waals surface area contributed by atoms with Crippen molar-refractivity contribution in [1.29, 1.82) is 5.26 Å². The number of hydrogen-bond acceptors (Lipinski definition) is 2. The van der Waals surface area contributed by atoms with Gasteiger partial charge in [-0.2, -0.15) is 5.26 Å². The van der Waals surface area contributed by atoms with Crippen LogP contribution < -0.4 is 10.4 Å². The van der Waals surface area contributed by atoms with Crippen molar-refractivity contribution in [3.63, 3.8) is 0 Å². The zero-order valence-corrected chi connectivity index (χ0v) is 22.4. The number of benzene rings is 5. The molecule has 2 aromatic heterocycles. The Bertz CT molecular complexity index is 2320. The molecule has 1 aliphatic carbocycles. The number of fused-ring (bicyclic) bond motifs is 5. The SMILES string of the molecule is N#Cc1cccc(-n2c3ccncc3c3cc(-c4ccc5c(-c6ccccc6)c6c(cc5c4)=CCCC=6)ccc32)c1. The number of nitriles is 1. The molecule has 0 bridgehead atoms. The van der Waals surface area contributed by atoms with E-state index in [0.717, 1.165) is 40.3 Å². The van der Waals surface area contributed by atoms with Crippen molar-refractivity contribution in [2.45, 2.75) is 12.8 Å². The van der Waals surface area contributed by atoms with Crippen molar-refractivity contribution < 1.29 is 0 Å². The highest BCUT2D eigenvalue weighted by Crippen LogP contribution is 2.36. The summed E-state index contributed by atoms with van der Waals surface area (Å²) in [5.41, 5.74) is 8.73. The molecule has 2 heterocycles. The highest BCUT2D eigenvalue weighted by Gasteiger charge is 2.15. The number of hydrogen-bond donors (Lipinski definition) is 0. The Balaban J connectivity index is 1.34. The van der Waals surface area contributed by atoms with E-state index in [1.54, 1.807) is 0 Å². The first-order chi connectivity index (χ1) is 20.3. The lowest BCUT2D eigenvalue weighted by Crippen LogP contribution is -2.29. The zero-order chi connectivity index (χ0) is 27.3. The van der Waals surface area contributed by atoms with Gasteiger partial charge in [0.05, 0.1) is 22.7 Å². The maximum Gasteiger partial charge on any atom is 0.0992 e. The Labute approximate surface area is 237 Å². The molecule has 0 unspecified atom stereocenters. The van der Waals surface area contributed by atoms with Crippen LogP contribution in [0.25, 0.3) is 72.7 Å². The molecule has 3 heteroatoms. The summed E-state index contributed by atoms with van der Waals surface area (Å²) in [6, 6.07) is 38.8. The Morgan fingerprint density at radius 1 is 0.659 bits per heavy atom. The predicted octanol–water partition coefficient (Wildman–Crippen LogP) is 7.89. The summed E-state index contributed by atoms with van der Waals surface area (Å²) < 4.78 is 2.22. The van der Waals surface area contributed by atoms with Crippen molar-refractivity contribution in [1.82, 2.24) is 9.55 Å². The average Bonchev–Trinajstić information content (AvgIpc) is 3.37. The van der Waals surface area contributed by atoms with Crippen molar-refractivity contribution in [2.75, 3.05) is 0 Å². The molecule has 0 saturated carbocycles. The monoisotopic (exact) mass is 523 g/mol. The summed E-state index contributed by atoms with van der Waals surface area (Å²) in [4.78, 5) is 4.45. The van der Waals surface area contributed by atoms with Gasteiger partial charge < -0.3 is 4.57 Å². The topological polar surface area (TPSA) is 41.6 Å². The van der Waals surface area contributed by atoms with Crippen LogP contribution in [0.4, 0.5) is 0 Å². The average molecular weight is 524 g/mol. The number of pyridine rings is 1. The van der Waals surface area contributed by atoms with Crippen LogP contribution in [0.5, 0.6) is 0 Å². The van der Waals surface area contributed by atoms with E-state index in [1.165, 1.54) is 43.5 Å². The summed E-state index contributed by atoms with van der Waals surface area (Å²) in [5.74, 6) is 0. The molecule has 0 radical (unpaired) electrons. The highest BCUT2D eigenvalue weighted by molar-refractivity contribution is 6.10. The molecule has 0 spiro atoms. The van der Waals surface area contributed by atoms with Crippen molar-refractivity contribution >= 4 is 44.7 Å². The van der Waals surface area contributed by atoms with Gasteiger partial charge in [-0.1, -0.05) is 66.7 Å². The van der Waals surface area contributed by atoms with Gasteiger partial charge in [0.25, 0.3) is 0 Å². The van der Waals surface area contributed by atoms with Crippen LogP contribution in [0.3, 0.4) is 0 Å². The van der Waals surface area contributed by atoms with E-state index in [-0.39, 0.29) is 0 Å². The lowest BCUT2D eigenvalue weighted by atomic mass is 9.90. The normalized spacial score (nSPS) is 12.6. The minimum absolute atomic E-state index is 0.645. The summed E-state index contributed by atoms with van der Waals surface area (Å²) in [6.45, 7) is 0. The molecule has 41 heavy (non-hydrogen) atoms. The standard InChI is InChI=1S/C38H25N3/c39-23-25-7-6-11-31(19-25)41-36-16-14-28(22-34(36)35-24-40-18-17-37(35)41)27-13-15-33-30(20-27)21-29-10-4-5-12-32(29)38(33)26-8-2-1-3-9-26/h1-3,6-22,24H,4-5H2. The first-order valence-corrected chi connectivity index (χ1v) is 14.0. The molecule has 0 fully saturated rings. The second kappa shape index (κ2) is 9.33. The smallest absolute Gasteiger partial charge is 0.0992 e. The van der Waals surface area contributed by atoms with Crippen LogP contribution >= 0.6 is 0 Å². The summed E-state index contributed by atoms with van der Waals surface area (Å²) >= 11 is 0.